The molecule has 0 spiro atoms. The van der Waals surface area contributed by atoms with Crippen LogP contribution in [0.4, 0.5) is 5.69 Å². The number of hydrogen-bond donors (Lipinski definition) is 1. The summed E-state index contributed by atoms with van der Waals surface area (Å²) in [5, 5.41) is 12.9. The number of carbonyl (C=O) groups excluding carboxylic acids is 1. The second-order valence-corrected chi connectivity index (χ2v) is 8.99. The van der Waals surface area contributed by atoms with E-state index in [1.807, 2.05) is 49.6 Å². The van der Waals surface area contributed by atoms with E-state index in [0.717, 1.165) is 5.75 Å². The highest BCUT2D eigenvalue weighted by molar-refractivity contribution is 7.99. The number of hydrogen-bond acceptors (Lipinski definition) is 6. The molecule has 1 N–H and O–H groups in total. The molecule has 32 heavy (non-hydrogen) atoms. The molecule has 10 heteroatoms. The van der Waals surface area contributed by atoms with Gasteiger partial charge in [-0.1, -0.05) is 35.0 Å². The van der Waals surface area contributed by atoms with Crippen LogP contribution in [0.1, 0.15) is 38.7 Å². The number of amides is 1. The highest BCUT2D eigenvalue weighted by atomic mass is 35.5. The molecular weight excluding hydrogens is 471 g/mol. The Hall–Kier alpha value is -2.42. The van der Waals surface area contributed by atoms with Crippen molar-refractivity contribution in [1.29, 1.82) is 0 Å². The van der Waals surface area contributed by atoms with Crippen LogP contribution < -0.4 is 14.8 Å². The maximum Gasteiger partial charge on any atom is 0.234 e. The van der Waals surface area contributed by atoms with Crippen LogP contribution in [0.3, 0.4) is 0 Å². The van der Waals surface area contributed by atoms with Gasteiger partial charge in [0.1, 0.15) is 11.5 Å². The number of aromatic nitrogens is 3. The number of ether oxygens (including phenoxy) is 2. The number of thioether (sulfide) groups is 1. The number of benzene rings is 2. The Morgan fingerprint density at radius 2 is 1.78 bits per heavy atom. The standard InChI is InChI=1S/C22H24Cl2N4O3S/c1-13(2)28-21(14(3)31-17-8-6-16(30-4)7-9-17)26-27-22(28)32-12-20(29)25-19-11-15(23)5-10-18(19)24/h5-11,13-14H,12H2,1-4H3,(H,25,29). The Morgan fingerprint density at radius 3 is 2.44 bits per heavy atom. The summed E-state index contributed by atoms with van der Waals surface area (Å²) < 4.78 is 13.2. The molecule has 0 saturated carbocycles. The van der Waals surface area contributed by atoms with Crippen molar-refractivity contribution in [2.45, 2.75) is 38.1 Å². The summed E-state index contributed by atoms with van der Waals surface area (Å²) in [6.45, 7) is 5.97. The van der Waals surface area contributed by atoms with Crippen molar-refractivity contribution >= 4 is 46.6 Å². The quantitative estimate of drug-likeness (QED) is 0.365. The molecular formula is C22H24Cl2N4O3S. The molecule has 3 rings (SSSR count). The average Bonchev–Trinajstić information content (AvgIpc) is 3.20. The van der Waals surface area contributed by atoms with Crippen molar-refractivity contribution in [1.82, 2.24) is 14.8 Å². The first-order chi connectivity index (χ1) is 15.3. The van der Waals surface area contributed by atoms with E-state index in [2.05, 4.69) is 15.5 Å². The maximum atomic E-state index is 12.4. The second kappa shape index (κ2) is 10.9. The first-order valence-electron chi connectivity index (χ1n) is 9.91. The second-order valence-electron chi connectivity index (χ2n) is 7.20. The molecule has 0 aliphatic carbocycles. The molecule has 1 unspecified atom stereocenters. The maximum absolute atomic E-state index is 12.4. The summed E-state index contributed by atoms with van der Waals surface area (Å²) >= 11 is 13.4. The van der Waals surface area contributed by atoms with Gasteiger partial charge in [0.2, 0.25) is 5.91 Å². The minimum Gasteiger partial charge on any atom is -0.497 e. The zero-order valence-electron chi connectivity index (χ0n) is 18.1. The van der Waals surface area contributed by atoms with Crippen molar-refractivity contribution in [3.8, 4) is 11.5 Å². The molecule has 1 heterocycles. The van der Waals surface area contributed by atoms with Gasteiger partial charge in [0.05, 0.1) is 23.6 Å². The molecule has 0 bridgehead atoms. The van der Waals surface area contributed by atoms with Crippen molar-refractivity contribution in [2.24, 2.45) is 0 Å². The van der Waals surface area contributed by atoms with Gasteiger partial charge in [0.15, 0.2) is 17.1 Å². The van der Waals surface area contributed by atoms with Gasteiger partial charge in [-0.3, -0.25) is 4.79 Å². The van der Waals surface area contributed by atoms with E-state index in [0.29, 0.717) is 32.5 Å². The fraction of sp³-hybridized carbons (Fsp3) is 0.318. The predicted octanol–water partition coefficient (Wildman–Crippen LogP) is 6.05. The summed E-state index contributed by atoms with van der Waals surface area (Å²) in [6, 6.07) is 12.3. The van der Waals surface area contributed by atoms with Gasteiger partial charge in [-0.15, -0.1) is 10.2 Å². The first kappa shape index (κ1) is 24.2. The highest BCUT2D eigenvalue weighted by Gasteiger charge is 2.22. The number of nitrogens with zero attached hydrogens (tertiary/aromatic N) is 3. The molecule has 2 aromatic carbocycles. The topological polar surface area (TPSA) is 78.3 Å². The van der Waals surface area contributed by atoms with Crippen molar-refractivity contribution < 1.29 is 14.3 Å². The first-order valence-corrected chi connectivity index (χ1v) is 11.7. The van der Waals surface area contributed by atoms with Gasteiger partial charge >= 0.3 is 0 Å². The largest absolute Gasteiger partial charge is 0.497 e. The minimum atomic E-state index is -0.341. The predicted molar refractivity (Wildman–Crippen MR) is 128 cm³/mol. The molecule has 1 amide bonds. The Balaban J connectivity index is 1.68. The molecule has 0 aliphatic rings. The number of methoxy groups -OCH3 is 1. The molecule has 0 fully saturated rings. The Bertz CT molecular complexity index is 1070. The smallest absolute Gasteiger partial charge is 0.234 e. The molecule has 170 valence electrons. The fourth-order valence-corrected chi connectivity index (χ4v) is 4.18. The summed E-state index contributed by atoms with van der Waals surface area (Å²) in [5.41, 5.74) is 0.470. The van der Waals surface area contributed by atoms with E-state index in [1.165, 1.54) is 11.8 Å². The number of halogens is 2. The van der Waals surface area contributed by atoms with Crippen LogP contribution in [0.5, 0.6) is 11.5 Å². The zero-order valence-corrected chi connectivity index (χ0v) is 20.5. The van der Waals surface area contributed by atoms with E-state index in [-0.39, 0.29) is 23.8 Å². The molecule has 0 radical (unpaired) electrons. The van der Waals surface area contributed by atoms with Crippen LogP contribution in [-0.4, -0.2) is 33.5 Å². The van der Waals surface area contributed by atoms with Crippen LogP contribution in [0.2, 0.25) is 10.0 Å². The van der Waals surface area contributed by atoms with E-state index in [4.69, 9.17) is 32.7 Å². The van der Waals surface area contributed by atoms with Gasteiger partial charge in [-0.05, 0) is 63.2 Å². The van der Waals surface area contributed by atoms with Crippen molar-refractivity contribution in [3.63, 3.8) is 0 Å². The third kappa shape index (κ3) is 6.09. The van der Waals surface area contributed by atoms with Gasteiger partial charge in [-0.25, -0.2) is 0 Å². The zero-order chi connectivity index (χ0) is 23.3. The Kier molecular flexibility index (Phi) is 8.28. The highest BCUT2D eigenvalue weighted by Crippen LogP contribution is 2.29. The third-order valence-electron chi connectivity index (χ3n) is 4.48. The van der Waals surface area contributed by atoms with Gasteiger partial charge in [0, 0.05) is 11.1 Å². The summed E-state index contributed by atoms with van der Waals surface area (Å²) in [5.74, 6) is 2.05. The van der Waals surface area contributed by atoms with Crippen molar-refractivity contribution in [3.05, 3.63) is 58.3 Å². The Labute approximate surface area is 201 Å². The van der Waals surface area contributed by atoms with Gasteiger partial charge in [-0.2, -0.15) is 0 Å². The minimum absolute atomic E-state index is 0.0786. The molecule has 0 saturated heterocycles. The molecule has 7 nitrogen and oxygen atoms in total. The van der Waals surface area contributed by atoms with Crippen LogP contribution >= 0.6 is 35.0 Å². The summed E-state index contributed by atoms with van der Waals surface area (Å²) in [4.78, 5) is 12.4. The van der Waals surface area contributed by atoms with Crippen LogP contribution in [0, 0.1) is 0 Å². The molecule has 0 aliphatic heterocycles. The molecule has 3 aromatic rings. The van der Waals surface area contributed by atoms with Crippen LogP contribution in [-0.2, 0) is 4.79 Å². The molecule has 1 aromatic heterocycles. The van der Waals surface area contributed by atoms with E-state index in [9.17, 15) is 4.79 Å². The SMILES string of the molecule is COc1ccc(OC(C)c2nnc(SCC(=O)Nc3cc(Cl)ccc3Cl)n2C(C)C)cc1. The lowest BCUT2D eigenvalue weighted by Crippen LogP contribution is -2.16. The monoisotopic (exact) mass is 494 g/mol. The number of rotatable bonds is 9. The number of anilines is 1. The summed E-state index contributed by atoms with van der Waals surface area (Å²) in [6.07, 6.45) is -0.341. The van der Waals surface area contributed by atoms with Gasteiger partial charge < -0.3 is 19.4 Å². The molecule has 1 atom stereocenters. The summed E-state index contributed by atoms with van der Waals surface area (Å²) in [7, 11) is 1.62. The van der Waals surface area contributed by atoms with Crippen molar-refractivity contribution in [2.75, 3.05) is 18.2 Å². The Morgan fingerprint density at radius 1 is 1.09 bits per heavy atom. The number of nitrogens with one attached hydrogen (secondary N) is 1. The van der Waals surface area contributed by atoms with E-state index < -0.39 is 0 Å². The normalized spacial score (nSPS) is 12.0. The lowest BCUT2D eigenvalue weighted by atomic mass is 10.3. The lowest BCUT2D eigenvalue weighted by Gasteiger charge is -2.19. The van der Waals surface area contributed by atoms with Gasteiger partial charge in [0.25, 0.3) is 0 Å². The van der Waals surface area contributed by atoms with Crippen LogP contribution in [0.25, 0.3) is 0 Å². The number of carbonyl (C=O) groups is 1. The van der Waals surface area contributed by atoms with Crippen LogP contribution in [0.15, 0.2) is 47.6 Å². The third-order valence-corrected chi connectivity index (χ3v) is 5.99. The van der Waals surface area contributed by atoms with E-state index >= 15 is 0 Å². The lowest BCUT2D eigenvalue weighted by molar-refractivity contribution is -0.113. The van der Waals surface area contributed by atoms with E-state index in [1.54, 1.807) is 25.3 Å². The fourth-order valence-electron chi connectivity index (χ4n) is 2.97. The average molecular weight is 495 g/mol.